The van der Waals surface area contributed by atoms with Crippen molar-refractivity contribution < 1.29 is 4.79 Å². The summed E-state index contributed by atoms with van der Waals surface area (Å²) in [7, 11) is 0. The first-order valence-corrected chi connectivity index (χ1v) is 8.75. The second-order valence-electron chi connectivity index (χ2n) is 6.87. The van der Waals surface area contributed by atoms with Gasteiger partial charge in [-0.25, -0.2) is 4.98 Å². The minimum Gasteiger partial charge on any atom is -0.356 e. The Morgan fingerprint density at radius 2 is 2.33 bits per heavy atom. The highest BCUT2D eigenvalue weighted by atomic mass is 32.1. The molecule has 1 aromatic rings. The van der Waals surface area contributed by atoms with E-state index in [2.05, 4.69) is 41.8 Å². The summed E-state index contributed by atoms with van der Waals surface area (Å²) in [5, 5.41) is 9.59. The molecule has 4 nitrogen and oxygen atoms in total. The van der Waals surface area contributed by atoms with Crippen molar-refractivity contribution in [2.45, 2.75) is 51.9 Å². The molecule has 0 radical (unpaired) electrons. The average Bonchev–Trinajstić information content (AvgIpc) is 3.07. The van der Waals surface area contributed by atoms with Gasteiger partial charge in [0.1, 0.15) is 0 Å². The summed E-state index contributed by atoms with van der Waals surface area (Å²) in [6.07, 6.45) is 3.70. The van der Waals surface area contributed by atoms with E-state index in [1.807, 2.05) is 0 Å². The average molecular weight is 309 g/mol. The van der Waals surface area contributed by atoms with Gasteiger partial charge in [-0.3, -0.25) is 4.79 Å². The maximum atomic E-state index is 11.8. The lowest BCUT2D eigenvalue weighted by molar-refractivity contribution is -0.121. The van der Waals surface area contributed by atoms with E-state index in [9.17, 15) is 4.79 Å². The van der Waals surface area contributed by atoms with Crippen molar-refractivity contribution in [1.82, 2.24) is 15.6 Å². The molecule has 2 rings (SSSR count). The molecule has 1 atom stereocenters. The van der Waals surface area contributed by atoms with Crippen molar-refractivity contribution in [3.05, 3.63) is 16.1 Å². The highest BCUT2D eigenvalue weighted by Gasteiger charge is 2.18. The van der Waals surface area contributed by atoms with E-state index in [1.54, 1.807) is 11.3 Å². The van der Waals surface area contributed by atoms with E-state index in [0.29, 0.717) is 18.9 Å². The molecule has 1 fully saturated rings. The van der Waals surface area contributed by atoms with Crippen LogP contribution in [0.25, 0.3) is 0 Å². The van der Waals surface area contributed by atoms with Gasteiger partial charge in [0.05, 0.1) is 10.7 Å². The predicted octanol–water partition coefficient (Wildman–Crippen LogP) is 2.49. The molecule has 1 saturated heterocycles. The van der Waals surface area contributed by atoms with Gasteiger partial charge in [-0.1, -0.05) is 20.8 Å². The third-order valence-electron chi connectivity index (χ3n) is 3.92. The molecule has 0 spiro atoms. The molecule has 1 aliphatic heterocycles. The molecule has 2 heterocycles. The first-order chi connectivity index (χ1) is 9.95. The Hall–Kier alpha value is -0.940. The number of thiazole rings is 1. The van der Waals surface area contributed by atoms with Gasteiger partial charge in [0.2, 0.25) is 5.91 Å². The van der Waals surface area contributed by atoms with Crippen molar-refractivity contribution in [2.24, 2.45) is 5.92 Å². The van der Waals surface area contributed by atoms with E-state index in [-0.39, 0.29) is 11.3 Å². The van der Waals surface area contributed by atoms with Gasteiger partial charge in [0, 0.05) is 30.2 Å². The Morgan fingerprint density at radius 3 is 2.95 bits per heavy atom. The van der Waals surface area contributed by atoms with Crippen LogP contribution in [0.5, 0.6) is 0 Å². The summed E-state index contributed by atoms with van der Waals surface area (Å²) in [6, 6.07) is 0. The summed E-state index contributed by atoms with van der Waals surface area (Å²) in [5.41, 5.74) is 1.25. The van der Waals surface area contributed by atoms with Crippen molar-refractivity contribution in [2.75, 3.05) is 19.6 Å². The van der Waals surface area contributed by atoms with Gasteiger partial charge < -0.3 is 10.6 Å². The fourth-order valence-electron chi connectivity index (χ4n) is 2.46. The SMILES string of the molecule is CC(C)(C)c1csc(CCNC(=O)CCC2CCNC2)n1. The quantitative estimate of drug-likeness (QED) is 0.849. The summed E-state index contributed by atoms with van der Waals surface area (Å²) < 4.78 is 0. The fourth-order valence-corrected chi connectivity index (χ4v) is 3.49. The number of amides is 1. The second kappa shape index (κ2) is 7.36. The third-order valence-corrected chi connectivity index (χ3v) is 4.83. The maximum Gasteiger partial charge on any atom is 0.220 e. The van der Waals surface area contributed by atoms with Crippen LogP contribution >= 0.6 is 11.3 Å². The van der Waals surface area contributed by atoms with E-state index < -0.39 is 0 Å². The number of rotatable bonds is 6. The third kappa shape index (κ3) is 5.40. The van der Waals surface area contributed by atoms with E-state index in [4.69, 9.17) is 0 Å². The molecule has 1 amide bonds. The van der Waals surface area contributed by atoms with Crippen LogP contribution < -0.4 is 10.6 Å². The van der Waals surface area contributed by atoms with Crippen LogP contribution in [0.3, 0.4) is 0 Å². The lowest BCUT2D eigenvalue weighted by Crippen LogP contribution is -2.26. The Balaban J connectivity index is 1.64. The summed E-state index contributed by atoms with van der Waals surface area (Å²) >= 11 is 1.69. The van der Waals surface area contributed by atoms with Gasteiger partial charge in [0.15, 0.2) is 0 Å². The number of nitrogens with zero attached hydrogens (tertiary/aromatic N) is 1. The molecule has 1 aliphatic rings. The smallest absolute Gasteiger partial charge is 0.220 e. The zero-order valence-electron chi connectivity index (χ0n) is 13.4. The molecule has 1 unspecified atom stereocenters. The molecule has 0 bridgehead atoms. The summed E-state index contributed by atoms with van der Waals surface area (Å²) in [4.78, 5) is 16.5. The van der Waals surface area contributed by atoms with Crippen LogP contribution in [0.4, 0.5) is 0 Å². The van der Waals surface area contributed by atoms with Crippen molar-refractivity contribution in [3.8, 4) is 0 Å². The first-order valence-electron chi connectivity index (χ1n) is 7.87. The van der Waals surface area contributed by atoms with Crippen molar-refractivity contribution >= 4 is 17.2 Å². The van der Waals surface area contributed by atoms with Gasteiger partial charge in [0.25, 0.3) is 0 Å². The van der Waals surface area contributed by atoms with E-state index in [0.717, 1.165) is 36.6 Å². The van der Waals surface area contributed by atoms with E-state index >= 15 is 0 Å². The molecular weight excluding hydrogens is 282 g/mol. The van der Waals surface area contributed by atoms with Crippen LogP contribution in [-0.2, 0) is 16.6 Å². The van der Waals surface area contributed by atoms with Crippen LogP contribution in [0, 0.1) is 5.92 Å². The Kier molecular flexibility index (Phi) is 5.76. The molecule has 5 heteroatoms. The number of carbonyl (C=O) groups is 1. The molecule has 0 aliphatic carbocycles. The van der Waals surface area contributed by atoms with Crippen molar-refractivity contribution in [1.29, 1.82) is 0 Å². The monoisotopic (exact) mass is 309 g/mol. The normalized spacial score (nSPS) is 18.9. The fraction of sp³-hybridized carbons (Fsp3) is 0.750. The Morgan fingerprint density at radius 1 is 1.52 bits per heavy atom. The zero-order valence-corrected chi connectivity index (χ0v) is 14.2. The second-order valence-corrected chi connectivity index (χ2v) is 7.82. The summed E-state index contributed by atoms with van der Waals surface area (Å²) in [6.45, 7) is 9.38. The van der Waals surface area contributed by atoms with Crippen LogP contribution in [0.1, 0.15) is 50.7 Å². The minimum atomic E-state index is 0.104. The van der Waals surface area contributed by atoms with Gasteiger partial charge in [-0.05, 0) is 31.8 Å². The summed E-state index contributed by atoms with van der Waals surface area (Å²) in [5.74, 6) is 0.860. The molecule has 0 aromatic carbocycles. The highest BCUT2D eigenvalue weighted by molar-refractivity contribution is 7.09. The largest absolute Gasteiger partial charge is 0.356 e. The molecule has 2 N–H and O–H groups in total. The number of nitrogens with one attached hydrogen (secondary N) is 2. The predicted molar refractivity (Wildman–Crippen MR) is 87.7 cm³/mol. The molecular formula is C16H27N3OS. The van der Waals surface area contributed by atoms with Gasteiger partial charge in [-0.2, -0.15) is 0 Å². The van der Waals surface area contributed by atoms with Crippen LogP contribution in [-0.4, -0.2) is 30.5 Å². The maximum absolute atomic E-state index is 11.8. The topological polar surface area (TPSA) is 54.0 Å². The zero-order chi connectivity index (χ0) is 15.3. The molecule has 1 aromatic heterocycles. The number of aromatic nitrogens is 1. The molecule has 0 saturated carbocycles. The minimum absolute atomic E-state index is 0.104. The molecule has 118 valence electrons. The molecule has 21 heavy (non-hydrogen) atoms. The number of carbonyl (C=O) groups excluding carboxylic acids is 1. The van der Waals surface area contributed by atoms with Crippen LogP contribution in [0.2, 0.25) is 0 Å². The van der Waals surface area contributed by atoms with Crippen LogP contribution in [0.15, 0.2) is 5.38 Å². The number of hydrogen-bond donors (Lipinski definition) is 2. The lowest BCUT2D eigenvalue weighted by atomic mass is 9.93. The van der Waals surface area contributed by atoms with E-state index in [1.165, 1.54) is 6.42 Å². The van der Waals surface area contributed by atoms with Gasteiger partial charge in [-0.15, -0.1) is 11.3 Å². The highest BCUT2D eigenvalue weighted by Crippen LogP contribution is 2.23. The lowest BCUT2D eigenvalue weighted by Gasteiger charge is -2.14. The Labute approximate surface area is 131 Å². The number of hydrogen-bond acceptors (Lipinski definition) is 4. The van der Waals surface area contributed by atoms with Gasteiger partial charge >= 0.3 is 0 Å². The Bertz CT molecular complexity index is 458. The first kappa shape index (κ1) is 16.4. The standard InChI is InChI=1S/C16H27N3OS/c1-16(2,3)13-11-21-15(19-13)7-9-18-14(20)5-4-12-6-8-17-10-12/h11-12,17H,4-10H2,1-3H3,(H,18,20). The van der Waals surface area contributed by atoms with Crippen molar-refractivity contribution in [3.63, 3.8) is 0 Å².